The molecular weight excluding hydrogens is 368 g/mol. The zero-order valence-corrected chi connectivity index (χ0v) is 14.1. The summed E-state index contributed by atoms with van der Waals surface area (Å²) in [5.74, 6) is -2.12. The lowest BCUT2D eigenvalue weighted by Crippen LogP contribution is -2.15. The highest BCUT2D eigenvalue weighted by Gasteiger charge is 2.14. The molecule has 28 heavy (non-hydrogen) atoms. The van der Waals surface area contributed by atoms with Crippen molar-refractivity contribution in [3.63, 3.8) is 0 Å². The van der Waals surface area contributed by atoms with Gasteiger partial charge in [0.2, 0.25) is 5.95 Å². The highest BCUT2D eigenvalue weighted by Crippen LogP contribution is 2.12. The number of fused-ring (bicyclic) bond motifs is 1. The first-order chi connectivity index (χ1) is 13.4. The van der Waals surface area contributed by atoms with E-state index in [1.54, 1.807) is 16.7 Å². The second kappa shape index (κ2) is 6.46. The Morgan fingerprint density at radius 1 is 1.07 bits per heavy atom. The molecule has 0 atom stereocenters. The third-order valence-corrected chi connectivity index (χ3v) is 4.06. The predicted octanol–water partition coefficient (Wildman–Crippen LogP) is 0.750. The first kappa shape index (κ1) is 17.1. The summed E-state index contributed by atoms with van der Waals surface area (Å²) in [5, 5.41) is 21.9. The van der Waals surface area contributed by atoms with E-state index in [0.29, 0.717) is 6.54 Å². The highest BCUT2D eigenvalue weighted by molar-refractivity contribution is 5.87. The first-order valence-electron chi connectivity index (χ1n) is 7.98. The number of carboxylic acids is 2. The van der Waals surface area contributed by atoms with Gasteiger partial charge in [0.05, 0.1) is 30.2 Å². The highest BCUT2D eigenvalue weighted by atomic mass is 16.4. The molecule has 140 valence electrons. The second-order valence-corrected chi connectivity index (χ2v) is 5.92. The molecule has 3 N–H and O–H groups in total. The minimum atomic E-state index is -1.15. The molecule has 0 unspecified atom stereocenters. The van der Waals surface area contributed by atoms with Crippen LogP contribution in [0.5, 0.6) is 0 Å². The van der Waals surface area contributed by atoms with Crippen LogP contribution in [-0.4, -0.2) is 51.5 Å². The number of carbonyl (C=O) groups is 2. The van der Waals surface area contributed by atoms with E-state index in [0.717, 1.165) is 16.4 Å². The average molecular weight is 380 g/mol. The summed E-state index contributed by atoms with van der Waals surface area (Å²) in [6.07, 6.45) is 3.83. The molecule has 0 aliphatic rings. The van der Waals surface area contributed by atoms with Gasteiger partial charge in [-0.3, -0.25) is 9.78 Å². The Balaban J connectivity index is 1.73. The van der Waals surface area contributed by atoms with Gasteiger partial charge in [-0.05, 0) is 17.7 Å². The summed E-state index contributed by atoms with van der Waals surface area (Å²) in [6.45, 7) is 0.311. The lowest BCUT2D eigenvalue weighted by molar-refractivity contribution is 0.0686. The fourth-order valence-electron chi connectivity index (χ4n) is 2.66. The molecule has 3 aromatic heterocycles. The van der Waals surface area contributed by atoms with E-state index in [1.165, 1.54) is 24.7 Å². The summed E-state index contributed by atoms with van der Waals surface area (Å²) >= 11 is 0. The van der Waals surface area contributed by atoms with E-state index in [4.69, 9.17) is 10.2 Å². The standard InChI is InChI=1S/C17H12N6O5/c24-14-12-13(20-17(21-14)23-7-11(5-19-23)16(27)28)22(8-18-12)6-9-1-3-10(4-2-9)15(25)26/h1-5,7-8H,6H2,(H,25,26)(H,27,28)(H,20,21,24). The Bertz CT molecular complexity index is 1270. The number of H-pyrrole nitrogens is 1. The molecule has 3 heterocycles. The van der Waals surface area contributed by atoms with Crippen molar-refractivity contribution in [2.75, 3.05) is 0 Å². The van der Waals surface area contributed by atoms with Crippen LogP contribution < -0.4 is 5.56 Å². The van der Waals surface area contributed by atoms with Crippen LogP contribution in [0.1, 0.15) is 26.3 Å². The number of aromatic carboxylic acids is 2. The van der Waals surface area contributed by atoms with Crippen LogP contribution in [-0.2, 0) is 6.54 Å². The molecule has 11 nitrogen and oxygen atoms in total. The normalized spacial score (nSPS) is 11.0. The lowest BCUT2D eigenvalue weighted by Gasteiger charge is -2.06. The number of carboxylic acid groups (broad SMARTS) is 2. The van der Waals surface area contributed by atoms with Crippen molar-refractivity contribution >= 4 is 23.1 Å². The molecule has 0 fully saturated rings. The number of rotatable bonds is 5. The number of nitrogens with zero attached hydrogens (tertiary/aromatic N) is 5. The van der Waals surface area contributed by atoms with Gasteiger partial charge in [0.25, 0.3) is 5.56 Å². The zero-order chi connectivity index (χ0) is 19.8. The molecule has 1 aromatic carbocycles. The van der Waals surface area contributed by atoms with Crippen LogP contribution in [0.4, 0.5) is 0 Å². The van der Waals surface area contributed by atoms with E-state index in [9.17, 15) is 14.4 Å². The Morgan fingerprint density at radius 3 is 2.43 bits per heavy atom. The van der Waals surface area contributed by atoms with E-state index < -0.39 is 17.5 Å². The molecule has 0 aliphatic carbocycles. The molecule has 4 aromatic rings. The molecule has 0 aliphatic heterocycles. The van der Waals surface area contributed by atoms with Crippen molar-refractivity contribution in [1.82, 2.24) is 29.3 Å². The summed E-state index contributed by atoms with van der Waals surface area (Å²) < 4.78 is 2.79. The van der Waals surface area contributed by atoms with E-state index in [-0.39, 0.29) is 28.2 Å². The van der Waals surface area contributed by atoms with Gasteiger partial charge in [-0.2, -0.15) is 10.1 Å². The van der Waals surface area contributed by atoms with Crippen LogP contribution in [0.3, 0.4) is 0 Å². The average Bonchev–Trinajstić information content (AvgIpc) is 3.30. The number of hydrogen-bond acceptors (Lipinski definition) is 6. The van der Waals surface area contributed by atoms with Gasteiger partial charge in [0.15, 0.2) is 11.2 Å². The number of nitrogens with one attached hydrogen (secondary N) is 1. The van der Waals surface area contributed by atoms with Crippen LogP contribution in [0, 0.1) is 0 Å². The maximum absolute atomic E-state index is 12.3. The topological polar surface area (TPSA) is 156 Å². The maximum Gasteiger partial charge on any atom is 0.338 e. The van der Waals surface area contributed by atoms with Crippen molar-refractivity contribution in [2.24, 2.45) is 0 Å². The maximum atomic E-state index is 12.3. The van der Waals surface area contributed by atoms with E-state index in [1.807, 2.05) is 0 Å². The molecule has 0 radical (unpaired) electrons. The number of imidazole rings is 1. The predicted molar refractivity (Wildman–Crippen MR) is 94.7 cm³/mol. The SMILES string of the molecule is O=C(O)c1ccc(Cn2cnc3c(=O)[nH]c(-n4cc(C(=O)O)cn4)nc32)cc1. The number of hydrogen-bond donors (Lipinski definition) is 3. The summed E-state index contributed by atoms with van der Waals surface area (Å²) in [5.41, 5.74) is 0.830. The van der Waals surface area contributed by atoms with Gasteiger partial charge in [-0.25, -0.2) is 19.3 Å². The molecule has 0 amide bonds. The monoisotopic (exact) mass is 380 g/mol. The van der Waals surface area contributed by atoms with E-state index >= 15 is 0 Å². The minimum Gasteiger partial charge on any atom is -0.478 e. The number of benzene rings is 1. The van der Waals surface area contributed by atoms with Gasteiger partial charge >= 0.3 is 11.9 Å². The molecular formula is C17H12N6O5. The second-order valence-electron chi connectivity index (χ2n) is 5.92. The molecule has 11 heteroatoms. The lowest BCUT2D eigenvalue weighted by atomic mass is 10.1. The van der Waals surface area contributed by atoms with Gasteiger partial charge in [0, 0.05) is 6.20 Å². The Morgan fingerprint density at radius 2 is 1.79 bits per heavy atom. The van der Waals surface area contributed by atoms with Crippen molar-refractivity contribution in [3.8, 4) is 5.95 Å². The number of aromatic amines is 1. The third-order valence-electron chi connectivity index (χ3n) is 4.06. The van der Waals surface area contributed by atoms with Crippen molar-refractivity contribution in [1.29, 1.82) is 0 Å². The van der Waals surface area contributed by atoms with Crippen molar-refractivity contribution in [2.45, 2.75) is 6.54 Å². The van der Waals surface area contributed by atoms with Crippen LogP contribution >= 0.6 is 0 Å². The fourth-order valence-corrected chi connectivity index (χ4v) is 2.66. The van der Waals surface area contributed by atoms with Crippen LogP contribution in [0.2, 0.25) is 0 Å². The quantitative estimate of drug-likeness (QED) is 0.458. The Hall–Kier alpha value is -4.28. The fraction of sp³-hybridized carbons (Fsp3) is 0.0588. The van der Waals surface area contributed by atoms with E-state index in [2.05, 4.69) is 20.1 Å². The molecule has 0 bridgehead atoms. The van der Waals surface area contributed by atoms with Gasteiger partial charge < -0.3 is 14.8 Å². The summed E-state index contributed by atoms with van der Waals surface area (Å²) in [7, 11) is 0. The van der Waals surface area contributed by atoms with Gasteiger partial charge in [-0.1, -0.05) is 12.1 Å². The minimum absolute atomic E-state index is 0.0465. The third kappa shape index (κ3) is 3.00. The molecule has 0 saturated carbocycles. The summed E-state index contributed by atoms with van der Waals surface area (Å²) in [6, 6.07) is 6.30. The van der Waals surface area contributed by atoms with Crippen LogP contribution in [0.25, 0.3) is 17.1 Å². The van der Waals surface area contributed by atoms with Gasteiger partial charge in [-0.15, -0.1) is 0 Å². The molecule has 4 rings (SSSR count). The number of aromatic nitrogens is 6. The zero-order valence-electron chi connectivity index (χ0n) is 14.1. The van der Waals surface area contributed by atoms with Crippen molar-refractivity contribution < 1.29 is 19.8 Å². The smallest absolute Gasteiger partial charge is 0.338 e. The Labute approximate surface area is 155 Å². The Kier molecular flexibility index (Phi) is 3.96. The molecule has 0 saturated heterocycles. The molecule has 0 spiro atoms. The van der Waals surface area contributed by atoms with Crippen LogP contribution in [0.15, 0.2) is 47.8 Å². The summed E-state index contributed by atoms with van der Waals surface area (Å²) in [4.78, 5) is 45.2. The first-order valence-corrected chi connectivity index (χ1v) is 7.98. The largest absolute Gasteiger partial charge is 0.478 e. The van der Waals surface area contributed by atoms with Gasteiger partial charge in [0.1, 0.15) is 0 Å². The van der Waals surface area contributed by atoms with Crippen molar-refractivity contribution in [3.05, 3.63) is 70.0 Å².